The van der Waals surface area contributed by atoms with Crippen LogP contribution in [0, 0.1) is 0 Å². The van der Waals surface area contributed by atoms with Crippen molar-refractivity contribution < 1.29 is 14.7 Å². The maximum atomic E-state index is 12.2. The number of rotatable bonds is 5. The molecular weight excluding hydrogens is 361 g/mol. The highest BCUT2D eigenvalue weighted by Gasteiger charge is 2.22. The van der Waals surface area contributed by atoms with Crippen LogP contribution in [0.25, 0.3) is 0 Å². The third-order valence-corrected chi connectivity index (χ3v) is 3.91. The number of carboxylic acid groups (broad SMARTS) is 1. The van der Waals surface area contributed by atoms with E-state index in [2.05, 4.69) is 5.32 Å². The van der Waals surface area contributed by atoms with E-state index in [1.807, 2.05) is 0 Å². The molecule has 0 spiro atoms. The minimum Gasteiger partial charge on any atom is -0.480 e. The number of hydrogen-bond donors (Lipinski definition) is 2. The average molecular weight is 373 g/mol. The molecule has 0 heterocycles. The number of nitrogens with one attached hydrogen (secondary N) is 1. The SMILES string of the molecule is O=C(N[C@@H](Cc1cccc(Cl)c1)C(=O)O)c1cc(Cl)ccc1Cl. The van der Waals surface area contributed by atoms with Crippen LogP contribution in [0.3, 0.4) is 0 Å². The lowest BCUT2D eigenvalue weighted by Gasteiger charge is -2.15. The van der Waals surface area contributed by atoms with E-state index in [0.29, 0.717) is 15.6 Å². The van der Waals surface area contributed by atoms with E-state index in [1.54, 1.807) is 30.3 Å². The van der Waals surface area contributed by atoms with Crippen molar-refractivity contribution in [1.82, 2.24) is 5.32 Å². The average Bonchev–Trinajstić information content (AvgIpc) is 2.49. The lowest BCUT2D eigenvalue weighted by atomic mass is 10.1. The van der Waals surface area contributed by atoms with Crippen molar-refractivity contribution in [2.75, 3.05) is 0 Å². The van der Waals surface area contributed by atoms with Crippen molar-refractivity contribution in [3.63, 3.8) is 0 Å². The zero-order valence-corrected chi connectivity index (χ0v) is 14.0. The number of carboxylic acids is 1. The quantitative estimate of drug-likeness (QED) is 0.831. The Kier molecular flexibility index (Phi) is 5.88. The molecule has 0 fully saturated rings. The first-order valence-electron chi connectivity index (χ1n) is 6.60. The van der Waals surface area contributed by atoms with E-state index in [4.69, 9.17) is 34.8 Å². The monoisotopic (exact) mass is 371 g/mol. The maximum Gasteiger partial charge on any atom is 0.326 e. The highest BCUT2D eigenvalue weighted by atomic mass is 35.5. The number of amides is 1. The van der Waals surface area contributed by atoms with Crippen LogP contribution in [0.15, 0.2) is 42.5 Å². The van der Waals surface area contributed by atoms with Crippen molar-refractivity contribution in [2.24, 2.45) is 0 Å². The summed E-state index contributed by atoms with van der Waals surface area (Å²) in [4.78, 5) is 23.6. The van der Waals surface area contributed by atoms with Gasteiger partial charge in [0, 0.05) is 16.5 Å². The number of carbonyl (C=O) groups excluding carboxylic acids is 1. The topological polar surface area (TPSA) is 66.4 Å². The Morgan fingerprint density at radius 2 is 1.74 bits per heavy atom. The minimum absolute atomic E-state index is 0.0970. The van der Waals surface area contributed by atoms with Gasteiger partial charge in [0.1, 0.15) is 6.04 Å². The summed E-state index contributed by atoms with van der Waals surface area (Å²) >= 11 is 17.7. The fourth-order valence-corrected chi connectivity index (χ4v) is 2.60. The maximum absolute atomic E-state index is 12.2. The highest BCUT2D eigenvalue weighted by molar-refractivity contribution is 6.35. The molecule has 2 N–H and O–H groups in total. The van der Waals surface area contributed by atoms with Crippen molar-refractivity contribution in [2.45, 2.75) is 12.5 Å². The van der Waals surface area contributed by atoms with Gasteiger partial charge in [-0.15, -0.1) is 0 Å². The van der Waals surface area contributed by atoms with Crippen molar-refractivity contribution in [3.8, 4) is 0 Å². The van der Waals surface area contributed by atoms with E-state index in [1.165, 1.54) is 12.1 Å². The van der Waals surface area contributed by atoms with Gasteiger partial charge in [-0.05, 0) is 35.9 Å². The predicted octanol–water partition coefficient (Wildman–Crippen LogP) is 4.07. The molecular formula is C16H12Cl3NO3. The summed E-state index contributed by atoms with van der Waals surface area (Å²) in [5.41, 5.74) is 0.818. The van der Waals surface area contributed by atoms with Gasteiger partial charge in [0.15, 0.2) is 0 Å². The summed E-state index contributed by atoms with van der Waals surface area (Å²) in [6.45, 7) is 0. The second kappa shape index (κ2) is 7.68. The molecule has 7 heteroatoms. The standard InChI is InChI=1S/C16H12Cl3NO3/c17-10-3-1-2-9(6-10)7-14(16(22)23)20-15(21)12-8-11(18)4-5-13(12)19/h1-6,8,14H,7H2,(H,20,21)(H,22,23)/t14-/m0/s1. The lowest BCUT2D eigenvalue weighted by Crippen LogP contribution is -2.42. The van der Waals surface area contributed by atoms with Gasteiger partial charge in [-0.1, -0.05) is 46.9 Å². The second-order valence-electron chi connectivity index (χ2n) is 4.82. The molecule has 23 heavy (non-hydrogen) atoms. The van der Waals surface area contributed by atoms with E-state index in [0.717, 1.165) is 0 Å². The summed E-state index contributed by atoms with van der Waals surface area (Å²) in [7, 11) is 0. The molecule has 0 saturated heterocycles. The Labute approximate surface area is 148 Å². The van der Waals surface area contributed by atoms with Gasteiger partial charge in [-0.25, -0.2) is 4.79 Å². The first kappa shape index (κ1) is 17.6. The zero-order valence-electron chi connectivity index (χ0n) is 11.7. The number of halogens is 3. The Bertz CT molecular complexity index is 749. The summed E-state index contributed by atoms with van der Waals surface area (Å²) < 4.78 is 0. The van der Waals surface area contributed by atoms with E-state index < -0.39 is 17.9 Å². The van der Waals surface area contributed by atoms with Crippen molar-refractivity contribution >= 4 is 46.7 Å². The molecule has 1 amide bonds. The Morgan fingerprint density at radius 1 is 1.04 bits per heavy atom. The fraction of sp³-hybridized carbons (Fsp3) is 0.125. The van der Waals surface area contributed by atoms with Crippen LogP contribution >= 0.6 is 34.8 Å². The first-order chi connectivity index (χ1) is 10.9. The third kappa shape index (κ3) is 4.86. The third-order valence-electron chi connectivity index (χ3n) is 3.11. The Hall–Kier alpha value is -1.75. The van der Waals surface area contributed by atoms with Crippen LogP contribution in [0.5, 0.6) is 0 Å². The first-order valence-corrected chi connectivity index (χ1v) is 7.73. The largest absolute Gasteiger partial charge is 0.480 e. The molecule has 1 atom stereocenters. The summed E-state index contributed by atoms with van der Waals surface area (Å²) in [5.74, 6) is -1.76. The normalized spacial score (nSPS) is 11.8. The molecule has 120 valence electrons. The fourth-order valence-electron chi connectivity index (χ4n) is 2.01. The van der Waals surface area contributed by atoms with Crippen LogP contribution in [0.4, 0.5) is 0 Å². The number of hydrogen-bond acceptors (Lipinski definition) is 2. The van der Waals surface area contributed by atoms with Gasteiger partial charge in [-0.3, -0.25) is 4.79 Å². The number of aliphatic carboxylic acids is 1. The van der Waals surface area contributed by atoms with Crippen molar-refractivity contribution in [1.29, 1.82) is 0 Å². The zero-order chi connectivity index (χ0) is 17.0. The number of carbonyl (C=O) groups is 2. The Balaban J connectivity index is 2.17. The van der Waals surface area contributed by atoms with Crippen LogP contribution in [0.2, 0.25) is 15.1 Å². The van der Waals surface area contributed by atoms with E-state index in [-0.39, 0.29) is 17.0 Å². The van der Waals surface area contributed by atoms with Crippen LogP contribution in [-0.4, -0.2) is 23.0 Å². The van der Waals surface area contributed by atoms with Gasteiger partial charge in [-0.2, -0.15) is 0 Å². The molecule has 2 rings (SSSR count). The predicted molar refractivity (Wildman–Crippen MR) is 90.5 cm³/mol. The lowest BCUT2D eigenvalue weighted by molar-refractivity contribution is -0.139. The van der Waals surface area contributed by atoms with E-state index >= 15 is 0 Å². The van der Waals surface area contributed by atoms with Crippen molar-refractivity contribution in [3.05, 3.63) is 68.7 Å². The summed E-state index contributed by atoms with van der Waals surface area (Å²) in [6.07, 6.45) is 0.0970. The molecule has 0 aliphatic heterocycles. The Morgan fingerprint density at radius 3 is 2.39 bits per heavy atom. The number of benzene rings is 2. The van der Waals surface area contributed by atoms with Gasteiger partial charge in [0.05, 0.1) is 10.6 Å². The smallest absolute Gasteiger partial charge is 0.326 e. The molecule has 0 bridgehead atoms. The summed E-state index contributed by atoms with van der Waals surface area (Å²) in [6, 6.07) is 10.1. The molecule has 4 nitrogen and oxygen atoms in total. The molecule has 0 saturated carbocycles. The van der Waals surface area contributed by atoms with Crippen LogP contribution in [0.1, 0.15) is 15.9 Å². The van der Waals surface area contributed by atoms with Gasteiger partial charge in [0.25, 0.3) is 5.91 Å². The molecule has 0 aromatic heterocycles. The molecule has 0 radical (unpaired) electrons. The second-order valence-corrected chi connectivity index (χ2v) is 6.10. The minimum atomic E-state index is -1.16. The van der Waals surface area contributed by atoms with Gasteiger partial charge >= 0.3 is 5.97 Å². The molecule has 2 aromatic carbocycles. The molecule has 2 aromatic rings. The highest BCUT2D eigenvalue weighted by Crippen LogP contribution is 2.21. The van der Waals surface area contributed by atoms with Gasteiger partial charge < -0.3 is 10.4 Å². The molecule has 0 aliphatic rings. The molecule has 0 unspecified atom stereocenters. The van der Waals surface area contributed by atoms with Gasteiger partial charge in [0.2, 0.25) is 0 Å². The van der Waals surface area contributed by atoms with Crippen LogP contribution in [-0.2, 0) is 11.2 Å². The molecule has 0 aliphatic carbocycles. The van der Waals surface area contributed by atoms with E-state index in [9.17, 15) is 14.7 Å². The van der Waals surface area contributed by atoms with Crippen LogP contribution < -0.4 is 5.32 Å². The summed E-state index contributed by atoms with van der Waals surface area (Å²) in [5, 5.41) is 12.8.